The first-order valence-electron chi connectivity index (χ1n) is 8.15. The maximum absolute atomic E-state index is 12.0. The van der Waals surface area contributed by atoms with E-state index in [9.17, 15) is 14.9 Å². The van der Waals surface area contributed by atoms with Crippen LogP contribution in [0, 0.1) is 10.1 Å². The first-order chi connectivity index (χ1) is 13.4. The predicted octanol–water partition coefficient (Wildman–Crippen LogP) is 4.62. The number of non-ortho nitro benzene ring substituents is 1. The Morgan fingerprint density at radius 1 is 1.18 bits per heavy atom. The summed E-state index contributed by atoms with van der Waals surface area (Å²) in [5, 5.41) is 19.1. The fourth-order valence-electron chi connectivity index (χ4n) is 2.24. The zero-order valence-corrected chi connectivity index (χ0v) is 15.4. The van der Waals surface area contributed by atoms with Crippen molar-refractivity contribution in [2.75, 3.05) is 0 Å². The maximum Gasteiger partial charge on any atom is 0.331 e. The van der Waals surface area contributed by atoms with Crippen LogP contribution < -0.4 is 0 Å². The van der Waals surface area contributed by atoms with Crippen molar-refractivity contribution < 1.29 is 18.9 Å². The van der Waals surface area contributed by atoms with E-state index in [0.29, 0.717) is 10.6 Å². The third-order valence-electron chi connectivity index (χ3n) is 3.69. The van der Waals surface area contributed by atoms with Gasteiger partial charge in [0, 0.05) is 28.8 Å². The Labute approximate surface area is 164 Å². The highest BCUT2D eigenvalue weighted by atomic mass is 35.5. The second-order valence-corrected chi connectivity index (χ2v) is 6.15. The molecule has 8 nitrogen and oxygen atoms in total. The molecule has 0 aliphatic heterocycles. The van der Waals surface area contributed by atoms with Gasteiger partial charge in [-0.05, 0) is 42.8 Å². The zero-order chi connectivity index (χ0) is 20.1. The van der Waals surface area contributed by atoms with Crippen molar-refractivity contribution >= 4 is 29.3 Å². The molecule has 0 saturated heterocycles. The molecule has 0 spiro atoms. The highest BCUT2D eigenvalue weighted by Crippen LogP contribution is 2.24. The number of halogens is 1. The summed E-state index contributed by atoms with van der Waals surface area (Å²) in [5.74, 6) is -0.288. The van der Waals surface area contributed by atoms with Crippen LogP contribution in [0.2, 0.25) is 5.02 Å². The molecule has 3 aromatic rings. The van der Waals surface area contributed by atoms with Crippen LogP contribution in [0.5, 0.6) is 0 Å². The van der Waals surface area contributed by atoms with Gasteiger partial charge in [0.15, 0.2) is 6.10 Å². The molecule has 1 heterocycles. The van der Waals surface area contributed by atoms with Crippen LogP contribution >= 0.6 is 11.6 Å². The molecule has 0 N–H and O–H groups in total. The van der Waals surface area contributed by atoms with Crippen molar-refractivity contribution in [1.82, 2.24) is 10.2 Å². The van der Waals surface area contributed by atoms with Gasteiger partial charge in [-0.15, -0.1) is 10.2 Å². The topological polar surface area (TPSA) is 108 Å². The summed E-state index contributed by atoms with van der Waals surface area (Å²) in [5.41, 5.74) is 1.27. The SMILES string of the molecule is C[C@@H](OC(=O)/C=C/c1ccc(Cl)cc1)c1nnc(-c2ccc([N+](=O)[O-])cc2)o1. The van der Waals surface area contributed by atoms with Crippen molar-refractivity contribution in [2.24, 2.45) is 0 Å². The summed E-state index contributed by atoms with van der Waals surface area (Å²) >= 11 is 5.81. The minimum absolute atomic E-state index is 0.0433. The van der Waals surface area contributed by atoms with Gasteiger partial charge in [0.05, 0.1) is 4.92 Å². The van der Waals surface area contributed by atoms with Crippen molar-refractivity contribution in [1.29, 1.82) is 0 Å². The molecule has 0 bridgehead atoms. The molecule has 9 heteroatoms. The maximum atomic E-state index is 12.0. The number of carbonyl (C=O) groups excluding carboxylic acids is 1. The lowest BCUT2D eigenvalue weighted by atomic mass is 10.2. The van der Waals surface area contributed by atoms with E-state index in [1.807, 2.05) is 0 Å². The number of benzene rings is 2. The highest BCUT2D eigenvalue weighted by molar-refractivity contribution is 6.30. The van der Waals surface area contributed by atoms with Gasteiger partial charge in [-0.2, -0.15) is 0 Å². The average molecular weight is 400 g/mol. The quantitative estimate of drug-likeness (QED) is 0.257. The number of nitro benzene ring substituents is 1. The minimum atomic E-state index is -0.762. The summed E-state index contributed by atoms with van der Waals surface area (Å²) in [6.07, 6.45) is 2.12. The number of nitrogens with zero attached hydrogens (tertiary/aromatic N) is 3. The molecule has 0 unspecified atom stereocenters. The molecule has 1 aromatic heterocycles. The van der Waals surface area contributed by atoms with Crippen LogP contribution in [0.15, 0.2) is 59.0 Å². The van der Waals surface area contributed by atoms with Gasteiger partial charge in [-0.25, -0.2) is 4.79 Å². The summed E-state index contributed by atoms with van der Waals surface area (Å²) < 4.78 is 10.7. The van der Waals surface area contributed by atoms with E-state index in [4.69, 9.17) is 20.8 Å². The molecule has 1 atom stereocenters. The van der Waals surface area contributed by atoms with Gasteiger partial charge >= 0.3 is 5.97 Å². The van der Waals surface area contributed by atoms with Gasteiger partial charge in [0.1, 0.15) is 0 Å². The van der Waals surface area contributed by atoms with Gasteiger partial charge in [0.2, 0.25) is 5.89 Å². The Kier molecular flexibility index (Phi) is 5.81. The van der Waals surface area contributed by atoms with Crippen LogP contribution in [0.3, 0.4) is 0 Å². The molecule has 0 radical (unpaired) electrons. The molecule has 28 heavy (non-hydrogen) atoms. The van der Waals surface area contributed by atoms with Gasteiger partial charge in [-0.3, -0.25) is 10.1 Å². The van der Waals surface area contributed by atoms with E-state index in [-0.39, 0.29) is 17.5 Å². The number of hydrogen-bond donors (Lipinski definition) is 0. The number of hydrogen-bond acceptors (Lipinski definition) is 7. The summed E-state index contributed by atoms with van der Waals surface area (Å²) in [6.45, 7) is 1.60. The van der Waals surface area contributed by atoms with Gasteiger partial charge < -0.3 is 9.15 Å². The van der Waals surface area contributed by atoms with Crippen molar-refractivity contribution in [3.05, 3.63) is 81.2 Å². The molecular formula is C19H14ClN3O5. The molecule has 2 aromatic carbocycles. The number of ether oxygens (including phenoxy) is 1. The third kappa shape index (κ3) is 4.80. The predicted molar refractivity (Wildman–Crippen MR) is 101 cm³/mol. The average Bonchev–Trinajstić information content (AvgIpc) is 3.18. The Morgan fingerprint density at radius 3 is 2.50 bits per heavy atom. The summed E-state index contributed by atoms with van der Waals surface area (Å²) in [4.78, 5) is 22.2. The molecule has 0 saturated carbocycles. The molecule has 142 valence electrons. The number of nitro groups is 1. The Balaban J connectivity index is 1.63. The standard InChI is InChI=1S/C19H14ClN3O5/c1-12(27-17(24)11-4-13-2-7-15(20)8-3-13)18-21-22-19(28-18)14-5-9-16(10-6-14)23(25)26/h2-12H,1H3/b11-4+/t12-/m1/s1. The smallest absolute Gasteiger partial charge is 0.331 e. The first kappa shape index (κ1) is 19.2. The fraction of sp³-hybridized carbons (Fsp3) is 0.105. The van der Waals surface area contributed by atoms with E-state index in [2.05, 4.69) is 10.2 Å². The minimum Gasteiger partial charge on any atom is -0.449 e. The first-order valence-corrected chi connectivity index (χ1v) is 8.52. The molecule has 0 fully saturated rings. The largest absolute Gasteiger partial charge is 0.449 e. The fourth-order valence-corrected chi connectivity index (χ4v) is 2.37. The van der Waals surface area contributed by atoms with Gasteiger partial charge in [0.25, 0.3) is 11.6 Å². The number of esters is 1. The third-order valence-corrected chi connectivity index (χ3v) is 3.94. The van der Waals surface area contributed by atoms with Crippen molar-refractivity contribution in [2.45, 2.75) is 13.0 Å². The lowest BCUT2D eigenvalue weighted by Gasteiger charge is -2.06. The van der Waals surface area contributed by atoms with Crippen LogP contribution in [0.25, 0.3) is 17.5 Å². The van der Waals surface area contributed by atoms with Crippen molar-refractivity contribution in [3.63, 3.8) is 0 Å². The summed E-state index contributed by atoms with van der Waals surface area (Å²) in [6, 6.07) is 12.6. The monoisotopic (exact) mass is 399 g/mol. The zero-order valence-electron chi connectivity index (χ0n) is 14.6. The second kappa shape index (κ2) is 8.45. The van der Waals surface area contributed by atoms with E-state index in [0.717, 1.165) is 5.56 Å². The number of rotatable bonds is 6. The molecule has 3 rings (SSSR count). The lowest BCUT2D eigenvalue weighted by Crippen LogP contribution is -2.06. The van der Waals surface area contributed by atoms with Crippen LogP contribution in [-0.2, 0) is 9.53 Å². The normalized spacial score (nSPS) is 12.1. The Bertz CT molecular complexity index is 1010. The van der Waals surface area contributed by atoms with Crippen molar-refractivity contribution in [3.8, 4) is 11.5 Å². The molecule has 0 aliphatic carbocycles. The van der Waals surface area contributed by atoms with E-state index in [1.165, 1.54) is 30.3 Å². The number of carbonyl (C=O) groups is 1. The Morgan fingerprint density at radius 2 is 1.86 bits per heavy atom. The molecular weight excluding hydrogens is 386 g/mol. The highest BCUT2D eigenvalue weighted by Gasteiger charge is 2.18. The summed E-state index contributed by atoms with van der Waals surface area (Å²) in [7, 11) is 0. The second-order valence-electron chi connectivity index (χ2n) is 5.71. The number of aromatic nitrogens is 2. The van der Waals surface area contributed by atoms with Crippen LogP contribution in [-0.4, -0.2) is 21.1 Å². The van der Waals surface area contributed by atoms with E-state index in [1.54, 1.807) is 37.3 Å². The Hall–Kier alpha value is -3.52. The lowest BCUT2D eigenvalue weighted by molar-refractivity contribution is -0.384. The van der Waals surface area contributed by atoms with E-state index < -0.39 is 17.0 Å². The molecule has 0 aliphatic rings. The van der Waals surface area contributed by atoms with Crippen LogP contribution in [0.1, 0.15) is 24.5 Å². The molecule has 0 amide bonds. The van der Waals surface area contributed by atoms with Gasteiger partial charge in [-0.1, -0.05) is 23.7 Å². The van der Waals surface area contributed by atoms with E-state index >= 15 is 0 Å². The van der Waals surface area contributed by atoms with Crippen LogP contribution in [0.4, 0.5) is 5.69 Å².